The van der Waals surface area contributed by atoms with Gasteiger partial charge in [-0.15, -0.1) is 0 Å². The molecule has 5 nitrogen and oxygen atoms in total. The fourth-order valence-corrected chi connectivity index (χ4v) is 2.92. The van der Waals surface area contributed by atoms with E-state index in [1.165, 1.54) is 38.2 Å². The third-order valence-corrected chi connectivity index (χ3v) is 4.13. The molecule has 1 saturated carbocycles. The largest absolute Gasteiger partial charge is 0.495 e. The number of hydrogen-bond acceptors (Lipinski definition) is 4. The molecule has 0 radical (unpaired) electrons. The van der Waals surface area contributed by atoms with Crippen LogP contribution >= 0.6 is 0 Å². The molecular weight excluding hydrogens is 256 g/mol. The molecule has 2 rings (SSSR count). The first-order chi connectivity index (χ1) is 9.61. The Morgan fingerprint density at radius 3 is 2.65 bits per heavy atom. The Labute approximate surface area is 119 Å². The molecule has 0 aliphatic heterocycles. The zero-order valence-electron chi connectivity index (χ0n) is 12.1. The Morgan fingerprint density at radius 1 is 1.35 bits per heavy atom. The van der Waals surface area contributed by atoms with E-state index in [9.17, 15) is 10.1 Å². The van der Waals surface area contributed by atoms with Crippen molar-refractivity contribution in [3.05, 3.63) is 28.3 Å². The van der Waals surface area contributed by atoms with Crippen molar-refractivity contribution in [3.8, 4) is 5.75 Å². The minimum atomic E-state index is -0.379. The lowest BCUT2D eigenvalue weighted by atomic mass is 9.84. The van der Waals surface area contributed by atoms with Gasteiger partial charge in [-0.3, -0.25) is 10.1 Å². The molecule has 0 saturated heterocycles. The van der Waals surface area contributed by atoms with E-state index in [0.717, 1.165) is 0 Å². The molecule has 1 aromatic carbocycles. The third kappa shape index (κ3) is 3.40. The summed E-state index contributed by atoms with van der Waals surface area (Å²) in [4.78, 5) is 10.5. The van der Waals surface area contributed by atoms with Crippen molar-refractivity contribution in [2.75, 3.05) is 12.4 Å². The molecule has 1 fully saturated rings. The zero-order valence-corrected chi connectivity index (χ0v) is 12.1. The minimum absolute atomic E-state index is 0.0872. The first kappa shape index (κ1) is 14.6. The first-order valence-electron chi connectivity index (χ1n) is 7.21. The first-order valence-corrected chi connectivity index (χ1v) is 7.21. The van der Waals surface area contributed by atoms with Crippen LogP contribution in [0.15, 0.2) is 18.2 Å². The normalized spacial score (nSPS) is 17.5. The molecule has 1 N–H and O–H groups in total. The predicted molar refractivity (Wildman–Crippen MR) is 79.3 cm³/mol. The van der Waals surface area contributed by atoms with Crippen LogP contribution in [0.3, 0.4) is 0 Å². The molecule has 0 heterocycles. The Balaban J connectivity index is 2.13. The molecule has 1 aromatic rings. The molecule has 0 spiro atoms. The fraction of sp³-hybridized carbons (Fsp3) is 0.600. The second-order valence-corrected chi connectivity index (χ2v) is 5.47. The number of non-ortho nitro benzene ring substituents is 1. The van der Waals surface area contributed by atoms with E-state index in [1.807, 2.05) is 0 Å². The summed E-state index contributed by atoms with van der Waals surface area (Å²) in [5.41, 5.74) is 0.795. The van der Waals surface area contributed by atoms with Crippen LogP contribution < -0.4 is 10.1 Å². The number of methoxy groups -OCH3 is 1. The van der Waals surface area contributed by atoms with Crippen molar-refractivity contribution in [2.24, 2.45) is 5.92 Å². The van der Waals surface area contributed by atoms with Gasteiger partial charge in [0.1, 0.15) is 5.75 Å². The lowest BCUT2D eigenvalue weighted by molar-refractivity contribution is -0.384. The summed E-state index contributed by atoms with van der Waals surface area (Å²) in [5, 5.41) is 14.3. The van der Waals surface area contributed by atoms with Gasteiger partial charge in [0.2, 0.25) is 0 Å². The average molecular weight is 278 g/mol. The molecule has 20 heavy (non-hydrogen) atoms. The summed E-state index contributed by atoms with van der Waals surface area (Å²) < 4.78 is 5.28. The van der Waals surface area contributed by atoms with Crippen LogP contribution in [0.1, 0.15) is 39.0 Å². The molecule has 0 aromatic heterocycles. The number of hydrogen-bond donors (Lipinski definition) is 1. The number of nitro benzene ring substituents is 1. The van der Waals surface area contributed by atoms with Gasteiger partial charge in [-0.05, 0) is 31.7 Å². The van der Waals surface area contributed by atoms with Crippen LogP contribution in [-0.2, 0) is 0 Å². The van der Waals surface area contributed by atoms with Gasteiger partial charge in [0, 0.05) is 18.2 Å². The fourth-order valence-electron chi connectivity index (χ4n) is 2.92. The monoisotopic (exact) mass is 278 g/mol. The Kier molecular flexibility index (Phi) is 4.82. The summed E-state index contributed by atoms with van der Waals surface area (Å²) in [7, 11) is 1.58. The molecule has 0 amide bonds. The Morgan fingerprint density at radius 2 is 2.05 bits per heavy atom. The zero-order chi connectivity index (χ0) is 14.5. The molecule has 5 heteroatoms. The summed E-state index contributed by atoms with van der Waals surface area (Å²) in [6.45, 7) is 2.15. The molecule has 0 bridgehead atoms. The number of nitro groups is 1. The average Bonchev–Trinajstić information content (AvgIpc) is 2.48. The highest BCUT2D eigenvalue weighted by atomic mass is 16.6. The lowest BCUT2D eigenvalue weighted by Gasteiger charge is -2.29. The number of nitrogens with zero attached hydrogens (tertiary/aromatic N) is 1. The van der Waals surface area contributed by atoms with Crippen LogP contribution in [0.2, 0.25) is 0 Å². The highest BCUT2D eigenvalue weighted by Gasteiger charge is 2.21. The van der Waals surface area contributed by atoms with Crippen molar-refractivity contribution in [2.45, 2.75) is 45.1 Å². The summed E-state index contributed by atoms with van der Waals surface area (Å²) in [5.74, 6) is 1.28. The SMILES string of the molecule is COc1ccc([N+](=O)[O-])cc1NC(C)C1CCCCC1. The smallest absolute Gasteiger partial charge is 0.271 e. The van der Waals surface area contributed by atoms with Gasteiger partial charge in [-0.1, -0.05) is 19.3 Å². The molecule has 1 aliphatic carbocycles. The van der Waals surface area contributed by atoms with Crippen molar-refractivity contribution in [3.63, 3.8) is 0 Å². The highest BCUT2D eigenvalue weighted by Crippen LogP contribution is 2.33. The second kappa shape index (κ2) is 6.59. The van der Waals surface area contributed by atoms with E-state index >= 15 is 0 Å². The van der Waals surface area contributed by atoms with Gasteiger partial charge in [-0.25, -0.2) is 0 Å². The molecule has 1 aliphatic rings. The number of rotatable bonds is 5. The predicted octanol–water partition coefficient (Wildman–Crippen LogP) is 3.98. The minimum Gasteiger partial charge on any atom is -0.495 e. The van der Waals surface area contributed by atoms with Crippen LogP contribution in [0.5, 0.6) is 5.75 Å². The Bertz CT molecular complexity index is 470. The standard InChI is InChI=1S/C15H22N2O3/c1-11(12-6-4-3-5-7-12)16-14-10-13(17(18)19)8-9-15(14)20-2/h8-12,16H,3-7H2,1-2H3. The maximum atomic E-state index is 10.9. The maximum Gasteiger partial charge on any atom is 0.271 e. The van der Waals surface area contributed by atoms with E-state index in [4.69, 9.17) is 4.74 Å². The van der Waals surface area contributed by atoms with E-state index < -0.39 is 0 Å². The number of nitrogens with one attached hydrogen (secondary N) is 1. The van der Waals surface area contributed by atoms with Crippen molar-refractivity contribution in [1.82, 2.24) is 0 Å². The topological polar surface area (TPSA) is 64.4 Å². The quantitative estimate of drug-likeness (QED) is 0.653. The van der Waals surface area contributed by atoms with E-state index in [2.05, 4.69) is 12.2 Å². The van der Waals surface area contributed by atoms with Gasteiger partial charge >= 0.3 is 0 Å². The molecule has 1 atom stereocenters. The van der Waals surface area contributed by atoms with Gasteiger partial charge < -0.3 is 10.1 Å². The van der Waals surface area contributed by atoms with Gasteiger partial charge in [0.05, 0.1) is 17.7 Å². The highest BCUT2D eigenvalue weighted by molar-refractivity contribution is 5.62. The maximum absolute atomic E-state index is 10.9. The molecule has 110 valence electrons. The van der Waals surface area contributed by atoms with Crippen molar-refractivity contribution >= 4 is 11.4 Å². The summed E-state index contributed by atoms with van der Waals surface area (Å²) in [6, 6.07) is 4.97. The number of benzene rings is 1. The van der Waals surface area contributed by atoms with Crippen molar-refractivity contribution in [1.29, 1.82) is 0 Å². The van der Waals surface area contributed by atoms with E-state index in [1.54, 1.807) is 19.2 Å². The van der Waals surface area contributed by atoms with Gasteiger partial charge in [-0.2, -0.15) is 0 Å². The van der Waals surface area contributed by atoms with Crippen LogP contribution in [0, 0.1) is 16.0 Å². The number of ether oxygens (including phenoxy) is 1. The number of anilines is 1. The van der Waals surface area contributed by atoms with Crippen molar-refractivity contribution < 1.29 is 9.66 Å². The van der Waals surface area contributed by atoms with Gasteiger partial charge in [0.15, 0.2) is 0 Å². The summed E-state index contributed by atoms with van der Waals surface area (Å²) in [6.07, 6.45) is 6.34. The second-order valence-electron chi connectivity index (χ2n) is 5.47. The van der Waals surface area contributed by atoms with Crippen LogP contribution in [0.25, 0.3) is 0 Å². The van der Waals surface area contributed by atoms with Crippen LogP contribution in [-0.4, -0.2) is 18.1 Å². The van der Waals surface area contributed by atoms with E-state index in [-0.39, 0.29) is 10.6 Å². The Hall–Kier alpha value is -1.78. The molecular formula is C15H22N2O3. The van der Waals surface area contributed by atoms with Gasteiger partial charge in [0.25, 0.3) is 5.69 Å². The summed E-state index contributed by atoms with van der Waals surface area (Å²) >= 11 is 0. The molecule has 1 unspecified atom stereocenters. The lowest BCUT2D eigenvalue weighted by Crippen LogP contribution is -2.27. The van der Waals surface area contributed by atoms with E-state index in [0.29, 0.717) is 23.4 Å². The third-order valence-electron chi connectivity index (χ3n) is 4.13. The van der Waals surface area contributed by atoms with Crippen LogP contribution in [0.4, 0.5) is 11.4 Å².